The predicted molar refractivity (Wildman–Crippen MR) is 79.1 cm³/mol. The molecule has 0 bridgehead atoms. The molecule has 3 rings (SSSR count). The fraction of sp³-hybridized carbons (Fsp3) is 0.154. The molecular formula is C13H13N5O2S. The van der Waals surface area contributed by atoms with E-state index in [0.29, 0.717) is 0 Å². The monoisotopic (exact) mass is 303 g/mol. The van der Waals surface area contributed by atoms with E-state index in [2.05, 4.69) is 20.4 Å². The van der Waals surface area contributed by atoms with E-state index in [-0.39, 0.29) is 11.0 Å². The number of nitrogens with zero attached hydrogens (tertiary/aromatic N) is 4. The van der Waals surface area contributed by atoms with Crippen LogP contribution in [0.3, 0.4) is 0 Å². The van der Waals surface area contributed by atoms with Crippen molar-refractivity contribution in [3.05, 3.63) is 36.7 Å². The van der Waals surface area contributed by atoms with Crippen LogP contribution in [0.2, 0.25) is 0 Å². The maximum absolute atomic E-state index is 11.5. The molecule has 0 atom stereocenters. The molecule has 0 radical (unpaired) electrons. The van der Waals surface area contributed by atoms with Crippen LogP contribution in [0.5, 0.6) is 0 Å². The van der Waals surface area contributed by atoms with Gasteiger partial charge in [0.1, 0.15) is 0 Å². The van der Waals surface area contributed by atoms with Gasteiger partial charge in [0.25, 0.3) is 0 Å². The highest BCUT2D eigenvalue weighted by atomic mass is 32.2. The van der Waals surface area contributed by atoms with E-state index in [9.17, 15) is 8.42 Å². The highest BCUT2D eigenvalue weighted by molar-refractivity contribution is 7.90. The van der Waals surface area contributed by atoms with E-state index in [0.717, 1.165) is 22.8 Å². The normalized spacial score (nSPS) is 11.7. The van der Waals surface area contributed by atoms with Gasteiger partial charge in [-0.3, -0.25) is 4.68 Å². The van der Waals surface area contributed by atoms with E-state index in [4.69, 9.17) is 0 Å². The first kappa shape index (κ1) is 13.5. The summed E-state index contributed by atoms with van der Waals surface area (Å²) in [5, 5.41) is 8.12. The van der Waals surface area contributed by atoms with Gasteiger partial charge in [0.05, 0.1) is 11.7 Å². The molecule has 8 heteroatoms. The molecule has 0 saturated carbocycles. The zero-order valence-electron chi connectivity index (χ0n) is 11.5. The maximum atomic E-state index is 11.5. The zero-order chi connectivity index (χ0) is 15.0. The number of benzene rings is 1. The van der Waals surface area contributed by atoms with Gasteiger partial charge in [0.2, 0.25) is 5.95 Å². The van der Waals surface area contributed by atoms with Crippen LogP contribution in [0, 0.1) is 0 Å². The first-order chi connectivity index (χ1) is 9.93. The molecule has 0 aliphatic rings. The van der Waals surface area contributed by atoms with Gasteiger partial charge < -0.3 is 5.32 Å². The van der Waals surface area contributed by atoms with Crippen molar-refractivity contribution in [1.29, 1.82) is 0 Å². The van der Waals surface area contributed by atoms with E-state index in [1.807, 2.05) is 25.2 Å². The topological polar surface area (TPSA) is 89.8 Å². The molecule has 0 fully saturated rings. The highest BCUT2D eigenvalue weighted by Gasteiger charge is 2.10. The lowest BCUT2D eigenvalue weighted by Crippen LogP contribution is -2.04. The summed E-state index contributed by atoms with van der Waals surface area (Å²) in [5.74, 6) is 0.237. The van der Waals surface area contributed by atoms with E-state index in [1.54, 1.807) is 10.9 Å². The Bertz CT molecular complexity index is 917. The largest absolute Gasteiger partial charge is 0.324 e. The molecule has 0 aliphatic heterocycles. The molecule has 108 valence electrons. The van der Waals surface area contributed by atoms with Crippen molar-refractivity contribution >= 4 is 32.4 Å². The first-order valence-corrected chi connectivity index (χ1v) is 8.04. The number of aromatic nitrogens is 4. The smallest absolute Gasteiger partial charge is 0.228 e. The van der Waals surface area contributed by atoms with Crippen LogP contribution in [0.25, 0.3) is 10.9 Å². The van der Waals surface area contributed by atoms with Crippen LogP contribution >= 0.6 is 0 Å². The van der Waals surface area contributed by atoms with Crippen LogP contribution < -0.4 is 5.32 Å². The van der Waals surface area contributed by atoms with Gasteiger partial charge in [-0.05, 0) is 24.3 Å². The van der Waals surface area contributed by atoms with Crippen molar-refractivity contribution in [2.45, 2.75) is 5.03 Å². The molecule has 2 aromatic heterocycles. The Balaban J connectivity index is 1.95. The molecule has 3 aromatic rings. The van der Waals surface area contributed by atoms with Gasteiger partial charge in [-0.1, -0.05) is 0 Å². The molecule has 2 heterocycles. The highest BCUT2D eigenvalue weighted by Crippen LogP contribution is 2.20. The van der Waals surface area contributed by atoms with Crippen molar-refractivity contribution in [2.75, 3.05) is 11.6 Å². The summed E-state index contributed by atoms with van der Waals surface area (Å²) < 4.78 is 24.7. The summed E-state index contributed by atoms with van der Waals surface area (Å²) in [6.45, 7) is 0. The standard InChI is InChI=1S/C13H13N5O2S/c1-18-11-4-3-10(7-9(11)8-15-18)16-13-14-6-5-12(17-13)21(2,19)20/h3-8H,1-2H3,(H,14,16,17). The van der Waals surface area contributed by atoms with Gasteiger partial charge >= 0.3 is 0 Å². The molecule has 21 heavy (non-hydrogen) atoms. The lowest BCUT2D eigenvalue weighted by molar-refractivity contribution is 0.598. The molecule has 0 spiro atoms. The third-order valence-electron chi connectivity index (χ3n) is 3.01. The van der Waals surface area contributed by atoms with Gasteiger partial charge in [-0.15, -0.1) is 0 Å². The third kappa shape index (κ3) is 2.70. The Morgan fingerprint density at radius 3 is 2.81 bits per heavy atom. The van der Waals surface area contributed by atoms with Crippen LogP contribution in [0.4, 0.5) is 11.6 Å². The molecule has 0 unspecified atom stereocenters. The molecule has 0 amide bonds. The van der Waals surface area contributed by atoms with Crippen molar-refractivity contribution in [3.63, 3.8) is 0 Å². The van der Waals surface area contributed by atoms with E-state index >= 15 is 0 Å². The Labute approximate surface area is 121 Å². The number of sulfone groups is 1. The van der Waals surface area contributed by atoms with Gasteiger partial charge in [-0.2, -0.15) is 5.10 Å². The number of aryl methyl sites for hydroxylation is 1. The molecule has 1 aromatic carbocycles. The molecule has 0 aliphatic carbocycles. The van der Waals surface area contributed by atoms with Gasteiger partial charge in [-0.25, -0.2) is 18.4 Å². The molecule has 1 N–H and O–H groups in total. The van der Waals surface area contributed by atoms with Crippen molar-refractivity contribution in [3.8, 4) is 0 Å². The number of hydrogen-bond donors (Lipinski definition) is 1. The predicted octanol–water partition coefficient (Wildman–Crippen LogP) is 1.51. The van der Waals surface area contributed by atoms with Crippen LogP contribution in [0.15, 0.2) is 41.7 Å². The summed E-state index contributed by atoms with van der Waals surface area (Å²) in [5.41, 5.74) is 1.77. The molecular weight excluding hydrogens is 290 g/mol. The average Bonchev–Trinajstić information content (AvgIpc) is 2.79. The minimum Gasteiger partial charge on any atom is -0.324 e. The Morgan fingerprint density at radius 1 is 1.24 bits per heavy atom. The summed E-state index contributed by atoms with van der Waals surface area (Å²) in [6, 6.07) is 7.05. The fourth-order valence-corrected chi connectivity index (χ4v) is 2.54. The lowest BCUT2D eigenvalue weighted by Gasteiger charge is -2.06. The summed E-state index contributed by atoms with van der Waals surface area (Å²) in [7, 11) is -1.48. The van der Waals surface area contributed by atoms with Crippen LogP contribution in [-0.4, -0.2) is 34.4 Å². The number of nitrogens with one attached hydrogen (secondary N) is 1. The van der Waals surface area contributed by atoms with Crippen LogP contribution in [-0.2, 0) is 16.9 Å². The number of fused-ring (bicyclic) bond motifs is 1. The second kappa shape index (κ2) is 4.81. The third-order valence-corrected chi connectivity index (χ3v) is 4.00. The Hall–Kier alpha value is -2.48. The van der Waals surface area contributed by atoms with Gasteiger partial charge in [0.15, 0.2) is 14.9 Å². The SMILES string of the molecule is Cn1ncc2cc(Nc3nccc(S(C)(=O)=O)n3)ccc21. The molecule has 7 nitrogen and oxygen atoms in total. The van der Waals surface area contributed by atoms with E-state index < -0.39 is 9.84 Å². The van der Waals surface area contributed by atoms with Gasteiger partial charge in [0, 0.05) is 30.6 Å². The average molecular weight is 303 g/mol. The number of rotatable bonds is 3. The zero-order valence-corrected chi connectivity index (χ0v) is 12.3. The first-order valence-electron chi connectivity index (χ1n) is 6.15. The van der Waals surface area contributed by atoms with E-state index in [1.165, 1.54) is 12.3 Å². The Kier molecular flexibility index (Phi) is 3.09. The second-order valence-electron chi connectivity index (χ2n) is 4.66. The van der Waals surface area contributed by atoms with Crippen LogP contribution in [0.1, 0.15) is 0 Å². The van der Waals surface area contributed by atoms with Crippen molar-refractivity contribution < 1.29 is 8.42 Å². The summed E-state index contributed by atoms with van der Waals surface area (Å²) in [6.07, 6.45) is 4.28. The number of anilines is 2. The molecule has 0 saturated heterocycles. The maximum Gasteiger partial charge on any atom is 0.228 e. The minimum atomic E-state index is -3.35. The Morgan fingerprint density at radius 2 is 2.05 bits per heavy atom. The van der Waals surface area contributed by atoms with Crippen molar-refractivity contribution in [1.82, 2.24) is 19.7 Å². The second-order valence-corrected chi connectivity index (χ2v) is 6.62. The fourth-order valence-electron chi connectivity index (χ4n) is 1.98. The summed E-state index contributed by atoms with van der Waals surface area (Å²) >= 11 is 0. The quantitative estimate of drug-likeness (QED) is 0.738. The van der Waals surface area contributed by atoms with Crippen molar-refractivity contribution in [2.24, 2.45) is 7.05 Å². The minimum absolute atomic E-state index is 0.0116. The summed E-state index contributed by atoms with van der Waals surface area (Å²) in [4.78, 5) is 8.02. The number of hydrogen-bond acceptors (Lipinski definition) is 6. The lowest BCUT2D eigenvalue weighted by atomic mass is 10.2.